The van der Waals surface area contributed by atoms with Gasteiger partial charge < -0.3 is 10.0 Å². The monoisotopic (exact) mass is 281 g/mol. The van der Waals surface area contributed by atoms with Crippen LogP contribution in [0.5, 0.6) is 0 Å². The minimum absolute atomic E-state index is 0.0151. The van der Waals surface area contributed by atoms with E-state index in [1.807, 2.05) is 36.4 Å². The van der Waals surface area contributed by atoms with Crippen LogP contribution in [0.15, 0.2) is 36.4 Å². The molecule has 1 N–H and O–H groups in total. The maximum Gasteiger partial charge on any atom is 0.257 e. The normalized spacial score (nSPS) is 22.8. The summed E-state index contributed by atoms with van der Waals surface area (Å²) >= 11 is 0. The van der Waals surface area contributed by atoms with Crippen molar-refractivity contribution in [1.82, 2.24) is 4.90 Å². The zero-order valence-corrected chi connectivity index (χ0v) is 12.0. The van der Waals surface area contributed by atoms with E-state index in [-0.39, 0.29) is 11.9 Å². The van der Waals surface area contributed by atoms with Gasteiger partial charge in [-0.1, -0.05) is 49.6 Å². The van der Waals surface area contributed by atoms with Crippen molar-refractivity contribution in [1.29, 1.82) is 0 Å². The van der Waals surface area contributed by atoms with Gasteiger partial charge in [0.15, 0.2) is 6.23 Å². The van der Waals surface area contributed by atoms with E-state index in [0.29, 0.717) is 0 Å². The van der Waals surface area contributed by atoms with Gasteiger partial charge in [0.05, 0.1) is 0 Å². The second kappa shape index (κ2) is 4.85. The highest BCUT2D eigenvalue weighted by atomic mass is 16.3. The van der Waals surface area contributed by atoms with Crippen LogP contribution in [0, 0.1) is 0 Å². The fraction of sp³-hybridized carbons (Fsp3) is 0.389. The summed E-state index contributed by atoms with van der Waals surface area (Å²) in [6.45, 7) is 0. The molecule has 3 heteroatoms. The first-order chi connectivity index (χ1) is 10.3. The van der Waals surface area contributed by atoms with Gasteiger partial charge in [-0.3, -0.25) is 4.79 Å². The summed E-state index contributed by atoms with van der Waals surface area (Å²) in [5.41, 5.74) is 1.60. The van der Waals surface area contributed by atoms with Crippen LogP contribution in [0.3, 0.4) is 0 Å². The molecule has 1 aliphatic heterocycles. The minimum Gasteiger partial charge on any atom is -0.369 e. The summed E-state index contributed by atoms with van der Waals surface area (Å²) in [7, 11) is 0. The van der Waals surface area contributed by atoms with E-state index in [4.69, 9.17) is 0 Å². The third-order valence-electron chi connectivity index (χ3n) is 4.91. The quantitative estimate of drug-likeness (QED) is 0.867. The van der Waals surface area contributed by atoms with Gasteiger partial charge in [0, 0.05) is 22.6 Å². The van der Waals surface area contributed by atoms with Crippen LogP contribution in [0.1, 0.15) is 54.3 Å². The molecule has 1 saturated carbocycles. The van der Waals surface area contributed by atoms with Crippen molar-refractivity contribution in [3.8, 4) is 0 Å². The Kier molecular flexibility index (Phi) is 2.96. The number of benzene rings is 2. The van der Waals surface area contributed by atoms with Gasteiger partial charge in [-0.25, -0.2) is 0 Å². The molecular weight excluding hydrogens is 262 g/mol. The molecule has 1 aliphatic carbocycles. The average Bonchev–Trinajstić information content (AvgIpc) is 2.54. The molecule has 1 heterocycles. The number of carbonyl (C=O) groups excluding carboxylic acids is 1. The molecule has 0 spiro atoms. The standard InChI is InChI=1S/C18H19NO2/c20-17-14-10-4-6-12-7-5-11-15(16(12)14)18(21)19(17)13-8-2-1-3-9-13/h4-7,10-11,13,17,20H,1-3,8-9H2. The van der Waals surface area contributed by atoms with Crippen LogP contribution in [0.25, 0.3) is 10.8 Å². The Morgan fingerprint density at radius 1 is 1.00 bits per heavy atom. The summed E-state index contributed by atoms with van der Waals surface area (Å²) in [6, 6.07) is 11.9. The molecular formula is C18H19NO2. The van der Waals surface area contributed by atoms with Crippen LogP contribution >= 0.6 is 0 Å². The SMILES string of the molecule is O=C1c2cccc3cccc(c23)C(O)N1C1CCCCC1. The van der Waals surface area contributed by atoms with Crippen molar-refractivity contribution in [2.75, 3.05) is 0 Å². The predicted octanol–water partition coefficient (Wildman–Crippen LogP) is 3.62. The molecule has 4 rings (SSSR count). The molecule has 0 aromatic heterocycles. The molecule has 108 valence electrons. The maximum absolute atomic E-state index is 12.9. The second-order valence-corrected chi connectivity index (χ2v) is 6.13. The van der Waals surface area contributed by atoms with Crippen LogP contribution in [-0.2, 0) is 0 Å². The van der Waals surface area contributed by atoms with Crippen molar-refractivity contribution >= 4 is 16.7 Å². The molecule has 2 aliphatic rings. The molecule has 2 aromatic carbocycles. The van der Waals surface area contributed by atoms with Gasteiger partial charge >= 0.3 is 0 Å². The number of hydrogen-bond acceptors (Lipinski definition) is 2. The van der Waals surface area contributed by atoms with Crippen molar-refractivity contribution in [3.63, 3.8) is 0 Å². The fourth-order valence-corrected chi connectivity index (χ4v) is 3.89. The van der Waals surface area contributed by atoms with E-state index >= 15 is 0 Å². The molecule has 0 bridgehead atoms. The second-order valence-electron chi connectivity index (χ2n) is 6.13. The van der Waals surface area contributed by atoms with E-state index in [1.54, 1.807) is 4.90 Å². The summed E-state index contributed by atoms with van der Waals surface area (Å²) in [6.07, 6.45) is 4.72. The molecule has 0 saturated heterocycles. The first-order valence-corrected chi connectivity index (χ1v) is 7.80. The van der Waals surface area contributed by atoms with Crippen LogP contribution in [0.4, 0.5) is 0 Å². The molecule has 1 atom stereocenters. The summed E-state index contributed by atoms with van der Waals surface area (Å²) in [4.78, 5) is 14.6. The Hall–Kier alpha value is -1.87. The lowest BCUT2D eigenvalue weighted by Crippen LogP contribution is -2.46. The number of aliphatic hydroxyl groups excluding tert-OH is 1. The fourth-order valence-electron chi connectivity index (χ4n) is 3.89. The Morgan fingerprint density at radius 3 is 2.48 bits per heavy atom. The zero-order chi connectivity index (χ0) is 14.4. The van der Waals surface area contributed by atoms with E-state index in [0.717, 1.165) is 47.6 Å². The number of hydrogen-bond donors (Lipinski definition) is 1. The smallest absolute Gasteiger partial charge is 0.257 e. The minimum atomic E-state index is -0.806. The van der Waals surface area contributed by atoms with Crippen LogP contribution in [0.2, 0.25) is 0 Å². The lowest BCUT2D eigenvalue weighted by atomic mass is 9.88. The largest absolute Gasteiger partial charge is 0.369 e. The lowest BCUT2D eigenvalue weighted by Gasteiger charge is -2.40. The first kappa shape index (κ1) is 12.8. The Morgan fingerprint density at radius 2 is 1.71 bits per heavy atom. The van der Waals surface area contributed by atoms with Gasteiger partial charge in [-0.15, -0.1) is 0 Å². The predicted molar refractivity (Wildman–Crippen MR) is 82.0 cm³/mol. The van der Waals surface area contributed by atoms with Crippen LogP contribution < -0.4 is 0 Å². The van der Waals surface area contributed by atoms with Gasteiger partial charge in [0.2, 0.25) is 0 Å². The van der Waals surface area contributed by atoms with Gasteiger partial charge in [-0.2, -0.15) is 0 Å². The Balaban J connectivity index is 1.86. The third-order valence-corrected chi connectivity index (χ3v) is 4.91. The Bertz CT molecular complexity index is 698. The number of carbonyl (C=O) groups is 1. The highest BCUT2D eigenvalue weighted by molar-refractivity contribution is 6.10. The zero-order valence-electron chi connectivity index (χ0n) is 12.0. The third kappa shape index (κ3) is 1.88. The highest BCUT2D eigenvalue weighted by Crippen LogP contribution is 2.39. The van der Waals surface area contributed by atoms with E-state index in [1.165, 1.54) is 6.42 Å². The van der Waals surface area contributed by atoms with Gasteiger partial charge in [-0.05, 0) is 24.3 Å². The molecule has 0 radical (unpaired) electrons. The van der Waals surface area contributed by atoms with Crippen molar-refractivity contribution in [2.45, 2.75) is 44.4 Å². The number of aliphatic hydroxyl groups is 1. The lowest BCUT2D eigenvalue weighted by molar-refractivity contribution is -0.0228. The number of amides is 1. The van der Waals surface area contributed by atoms with Gasteiger partial charge in [0.25, 0.3) is 5.91 Å². The molecule has 1 unspecified atom stereocenters. The molecule has 1 fully saturated rings. The average molecular weight is 281 g/mol. The van der Waals surface area contributed by atoms with Crippen LogP contribution in [-0.4, -0.2) is 22.0 Å². The van der Waals surface area contributed by atoms with Crippen molar-refractivity contribution < 1.29 is 9.90 Å². The van der Waals surface area contributed by atoms with E-state index in [2.05, 4.69) is 0 Å². The molecule has 2 aromatic rings. The number of rotatable bonds is 1. The summed E-state index contributed by atoms with van der Waals surface area (Å²) < 4.78 is 0. The van der Waals surface area contributed by atoms with Crippen molar-refractivity contribution in [2.24, 2.45) is 0 Å². The topological polar surface area (TPSA) is 40.5 Å². The van der Waals surface area contributed by atoms with Gasteiger partial charge in [0.1, 0.15) is 0 Å². The summed E-state index contributed by atoms with van der Waals surface area (Å²) in [5, 5.41) is 12.7. The number of nitrogens with zero attached hydrogens (tertiary/aromatic N) is 1. The van der Waals surface area contributed by atoms with E-state index in [9.17, 15) is 9.90 Å². The molecule has 21 heavy (non-hydrogen) atoms. The molecule has 3 nitrogen and oxygen atoms in total. The summed E-state index contributed by atoms with van der Waals surface area (Å²) in [5.74, 6) is -0.0151. The first-order valence-electron chi connectivity index (χ1n) is 7.80. The van der Waals surface area contributed by atoms with Crippen molar-refractivity contribution in [3.05, 3.63) is 47.5 Å². The van der Waals surface area contributed by atoms with E-state index < -0.39 is 6.23 Å². The maximum atomic E-state index is 12.9. The Labute approximate surface area is 124 Å². The highest BCUT2D eigenvalue weighted by Gasteiger charge is 2.37. The molecule has 1 amide bonds.